The highest BCUT2D eigenvalue weighted by atomic mass is 15.4. The van der Waals surface area contributed by atoms with Crippen molar-refractivity contribution in [2.75, 3.05) is 43.0 Å². The van der Waals surface area contributed by atoms with E-state index in [4.69, 9.17) is 5.84 Å². The molecule has 9 nitrogen and oxygen atoms in total. The maximum atomic E-state index is 5.46. The highest BCUT2D eigenvalue weighted by Gasteiger charge is 2.19. The summed E-state index contributed by atoms with van der Waals surface area (Å²) in [5.74, 6) is 6.95. The molecule has 0 spiro atoms. The number of nitrogens with one attached hydrogen (secondary N) is 1. The lowest BCUT2D eigenvalue weighted by Gasteiger charge is -2.34. The number of hydrazine groups is 1. The van der Waals surface area contributed by atoms with Crippen molar-refractivity contribution in [3.8, 4) is 5.95 Å². The highest BCUT2D eigenvalue weighted by Crippen LogP contribution is 2.14. The van der Waals surface area contributed by atoms with E-state index in [1.54, 1.807) is 23.3 Å². The second kappa shape index (κ2) is 6.02. The minimum absolute atomic E-state index is 0.349. The van der Waals surface area contributed by atoms with Crippen molar-refractivity contribution in [2.45, 2.75) is 6.92 Å². The van der Waals surface area contributed by atoms with Gasteiger partial charge in [0, 0.05) is 38.6 Å². The SMILES string of the molecule is CCN1CCN(c2nc(NN)nc(-n3ccnc3)n2)CC1. The van der Waals surface area contributed by atoms with Gasteiger partial charge in [-0.25, -0.2) is 10.8 Å². The van der Waals surface area contributed by atoms with Crippen molar-refractivity contribution in [3.63, 3.8) is 0 Å². The maximum Gasteiger partial charge on any atom is 0.243 e. The fraction of sp³-hybridized carbons (Fsp3) is 0.500. The number of hydrogen-bond acceptors (Lipinski definition) is 8. The first-order valence-corrected chi connectivity index (χ1v) is 6.98. The molecule has 0 aromatic carbocycles. The molecule has 1 aliphatic heterocycles. The smallest absolute Gasteiger partial charge is 0.243 e. The third-order valence-electron chi connectivity index (χ3n) is 3.58. The first-order valence-electron chi connectivity index (χ1n) is 6.98. The van der Waals surface area contributed by atoms with Crippen LogP contribution in [-0.4, -0.2) is 62.1 Å². The molecule has 9 heteroatoms. The van der Waals surface area contributed by atoms with Crippen LogP contribution < -0.4 is 16.2 Å². The summed E-state index contributed by atoms with van der Waals surface area (Å²) in [4.78, 5) is 21.7. The average Bonchev–Trinajstić information content (AvgIpc) is 3.09. The number of nitrogens with zero attached hydrogens (tertiary/aromatic N) is 7. The quantitative estimate of drug-likeness (QED) is 0.573. The van der Waals surface area contributed by atoms with Gasteiger partial charge in [-0.2, -0.15) is 15.0 Å². The second-order valence-corrected chi connectivity index (χ2v) is 4.79. The summed E-state index contributed by atoms with van der Waals surface area (Å²) in [6.07, 6.45) is 5.11. The van der Waals surface area contributed by atoms with Crippen molar-refractivity contribution in [3.05, 3.63) is 18.7 Å². The molecule has 1 fully saturated rings. The van der Waals surface area contributed by atoms with Gasteiger partial charge in [0.05, 0.1) is 0 Å². The van der Waals surface area contributed by atoms with Crippen molar-refractivity contribution < 1.29 is 0 Å². The van der Waals surface area contributed by atoms with Gasteiger partial charge in [0.25, 0.3) is 0 Å². The van der Waals surface area contributed by atoms with Gasteiger partial charge in [0.15, 0.2) is 0 Å². The van der Waals surface area contributed by atoms with E-state index in [2.05, 4.69) is 42.1 Å². The predicted octanol–water partition coefficient (Wildman–Crippen LogP) is -0.515. The molecule has 2 aromatic heterocycles. The molecule has 3 rings (SSSR count). The number of anilines is 2. The molecular weight excluding hydrogens is 270 g/mol. The molecule has 0 unspecified atom stereocenters. The van der Waals surface area contributed by atoms with Crippen molar-refractivity contribution in [1.82, 2.24) is 29.4 Å². The van der Waals surface area contributed by atoms with Crippen LogP contribution in [-0.2, 0) is 0 Å². The van der Waals surface area contributed by atoms with E-state index in [0.717, 1.165) is 32.7 Å². The summed E-state index contributed by atoms with van der Waals surface area (Å²) in [6.45, 7) is 7.05. The van der Waals surface area contributed by atoms with Gasteiger partial charge < -0.3 is 9.80 Å². The van der Waals surface area contributed by atoms with Gasteiger partial charge in [0.1, 0.15) is 6.33 Å². The average molecular weight is 289 g/mol. The van der Waals surface area contributed by atoms with Gasteiger partial charge in [-0.3, -0.25) is 9.99 Å². The van der Waals surface area contributed by atoms with Crippen LogP contribution in [0.4, 0.5) is 11.9 Å². The topological polar surface area (TPSA) is 101 Å². The monoisotopic (exact) mass is 289 g/mol. The fourth-order valence-electron chi connectivity index (χ4n) is 2.32. The lowest BCUT2D eigenvalue weighted by atomic mass is 10.3. The molecule has 1 aliphatic rings. The van der Waals surface area contributed by atoms with Gasteiger partial charge in [0.2, 0.25) is 17.8 Å². The fourth-order valence-corrected chi connectivity index (χ4v) is 2.32. The Labute approximate surface area is 122 Å². The van der Waals surface area contributed by atoms with Crippen molar-refractivity contribution >= 4 is 11.9 Å². The van der Waals surface area contributed by atoms with Gasteiger partial charge in [-0.15, -0.1) is 0 Å². The molecular formula is C12H19N9. The Balaban J connectivity index is 1.86. The minimum atomic E-state index is 0.349. The number of piperazine rings is 1. The Morgan fingerprint density at radius 3 is 2.52 bits per heavy atom. The highest BCUT2D eigenvalue weighted by molar-refractivity contribution is 5.40. The van der Waals surface area contributed by atoms with E-state index >= 15 is 0 Å². The first-order chi connectivity index (χ1) is 10.3. The molecule has 0 saturated carbocycles. The van der Waals surface area contributed by atoms with E-state index in [9.17, 15) is 0 Å². The van der Waals surface area contributed by atoms with Crippen LogP contribution in [0.5, 0.6) is 0 Å². The van der Waals surface area contributed by atoms with Crippen LogP contribution >= 0.6 is 0 Å². The summed E-state index contributed by atoms with van der Waals surface area (Å²) in [6, 6.07) is 0. The molecule has 1 saturated heterocycles. The summed E-state index contributed by atoms with van der Waals surface area (Å²) < 4.78 is 1.73. The Hall–Kier alpha value is -2.26. The number of likely N-dealkylation sites (N-methyl/N-ethyl adjacent to an activating group) is 1. The zero-order chi connectivity index (χ0) is 14.7. The number of aromatic nitrogens is 5. The zero-order valence-corrected chi connectivity index (χ0v) is 12.0. The Morgan fingerprint density at radius 2 is 1.90 bits per heavy atom. The number of imidazole rings is 1. The van der Waals surface area contributed by atoms with Crippen molar-refractivity contribution in [1.29, 1.82) is 0 Å². The third kappa shape index (κ3) is 2.93. The summed E-state index contributed by atoms with van der Waals surface area (Å²) >= 11 is 0. The van der Waals surface area contributed by atoms with Crippen LogP contribution in [0.3, 0.4) is 0 Å². The van der Waals surface area contributed by atoms with E-state index in [1.165, 1.54) is 0 Å². The number of nitrogen functional groups attached to an aromatic ring is 1. The molecule has 0 atom stereocenters. The van der Waals surface area contributed by atoms with Gasteiger partial charge in [-0.05, 0) is 6.54 Å². The Kier molecular flexibility index (Phi) is 3.93. The van der Waals surface area contributed by atoms with Gasteiger partial charge in [-0.1, -0.05) is 6.92 Å². The molecule has 0 bridgehead atoms. The molecule has 21 heavy (non-hydrogen) atoms. The predicted molar refractivity (Wildman–Crippen MR) is 79.1 cm³/mol. The van der Waals surface area contributed by atoms with Crippen molar-refractivity contribution in [2.24, 2.45) is 5.84 Å². The molecule has 3 heterocycles. The molecule has 0 amide bonds. The Bertz CT molecular complexity index is 574. The molecule has 3 N–H and O–H groups in total. The Morgan fingerprint density at radius 1 is 1.14 bits per heavy atom. The number of nitrogens with two attached hydrogens (primary N) is 1. The number of rotatable bonds is 4. The van der Waals surface area contributed by atoms with E-state index in [1.807, 2.05) is 0 Å². The second-order valence-electron chi connectivity index (χ2n) is 4.79. The van der Waals surface area contributed by atoms with E-state index < -0.39 is 0 Å². The molecule has 0 radical (unpaired) electrons. The van der Waals surface area contributed by atoms with E-state index in [-0.39, 0.29) is 0 Å². The number of hydrogen-bond donors (Lipinski definition) is 2. The molecule has 2 aromatic rings. The van der Waals surface area contributed by atoms with Gasteiger partial charge >= 0.3 is 0 Å². The van der Waals surface area contributed by atoms with Crippen LogP contribution in [0.1, 0.15) is 6.92 Å². The summed E-state index contributed by atoms with van der Waals surface area (Å²) in [7, 11) is 0. The van der Waals surface area contributed by atoms with Crippen LogP contribution in [0, 0.1) is 0 Å². The van der Waals surface area contributed by atoms with Crippen LogP contribution in [0.2, 0.25) is 0 Å². The van der Waals surface area contributed by atoms with Crippen LogP contribution in [0.25, 0.3) is 5.95 Å². The molecule has 0 aliphatic carbocycles. The lowest BCUT2D eigenvalue weighted by molar-refractivity contribution is 0.270. The standard InChI is InChI=1S/C12H19N9/c1-2-19-5-7-20(8-6-19)11-15-10(18-13)16-12(17-11)21-4-3-14-9-21/h3-4,9H,2,5-8,13H2,1H3,(H,15,16,17,18). The summed E-state index contributed by atoms with van der Waals surface area (Å²) in [5, 5.41) is 0. The maximum absolute atomic E-state index is 5.46. The normalized spacial score (nSPS) is 16.2. The largest absolute Gasteiger partial charge is 0.338 e. The zero-order valence-electron chi connectivity index (χ0n) is 12.0. The first kappa shape index (κ1) is 13.7. The summed E-state index contributed by atoms with van der Waals surface area (Å²) in [5.41, 5.74) is 2.50. The molecule has 112 valence electrons. The van der Waals surface area contributed by atoms with E-state index in [0.29, 0.717) is 17.8 Å². The minimum Gasteiger partial charge on any atom is -0.338 e. The lowest BCUT2D eigenvalue weighted by Crippen LogP contribution is -2.47. The third-order valence-corrected chi connectivity index (χ3v) is 3.58. The van der Waals surface area contributed by atoms with Crippen LogP contribution in [0.15, 0.2) is 18.7 Å².